The van der Waals surface area contributed by atoms with Crippen molar-refractivity contribution in [2.24, 2.45) is 0 Å². The lowest BCUT2D eigenvalue weighted by atomic mass is 9.86. The molecule has 208 valence electrons. The van der Waals surface area contributed by atoms with Crippen LogP contribution in [0.2, 0.25) is 0 Å². The van der Waals surface area contributed by atoms with Crippen molar-refractivity contribution in [2.45, 2.75) is 57.6 Å². The lowest BCUT2D eigenvalue weighted by molar-refractivity contribution is -0.274. The van der Waals surface area contributed by atoms with Gasteiger partial charge in [-0.2, -0.15) is 0 Å². The summed E-state index contributed by atoms with van der Waals surface area (Å²) in [6, 6.07) is 15.5. The average molecular weight is 542 g/mol. The molecule has 0 unspecified atom stereocenters. The highest BCUT2D eigenvalue weighted by Crippen LogP contribution is 2.36. The van der Waals surface area contributed by atoms with Gasteiger partial charge >= 0.3 is 6.36 Å². The molecule has 2 aromatic carbocycles. The Morgan fingerprint density at radius 2 is 1.62 bits per heavy atom. The number of likely N-dealkylation sites (N-methyl/N-ethyl adjacent to an activating group) is 1. The monoisotopic (exact) mass is 541 g/mol. The van der Waals surface area contributed by atoms with Gasteiger partial charge < -0.3 is 15.0 Å². The van der Waals surface area contributed by atoms with E-state index in [1.807, 2.05) is 11.9 Å². The third-order valence-corrected chi connectivity index (χ3v) is 6.88. The van der Waals surface area contributed by atoms with Crippen LogP contribution in [0.5, 0.6) is 5.75 Å². The Balaban J connectivity index is 1.51. The van der Waals surface area contributed by atoms with E-state index < -0.39 is 6.36 Å². The van der Waals surface area contributed by atoms with Crippen molar-refractivity contribution >= 4 is 11.9 Å². The maximum absolute atomic E-state index is 13.7. The SMILES string of the molecule is CN1[C@H](CCNc2ncccn2)C(=O)N(CCc2ccc(OC(F)(F)F)cc2)[C@@H]1c1ccc(C(C)(C)C)cc1. The van der Waals surface area contributed by atoms with Gasteiger partial charge in [0.1, 0.15) is 11.9 Å². The number of rotatable bonds is 9. The van der Waals surface area contributed by atoms with Gasteiger partial charge in [-0.1, -0.05) is 57.2 Å². The summed E-state index contributed by atoms with van der Waals surface area (Å²) in [6.07, 6.45) is -0.640. The lowest BCUT2D eigenvalue weighted by Gasteiger charge is -2.30. The molecule has 4 rings (SSSR count). The van der Waals surface area contributed by atoms with Gasteiger partial charge in [-0.15, -0.1) is 13.2 Å². The van der Waals surface area contributed by atoms with Crippen LogP contribution in [0.3, 0.4) is 0 Å². The predicted octanol–water partition coefficient (Wildman–Crippen LogP) is 5.56. The van der Waals surface area contributed by atoms with E-state index in [-0.39, 0.29) is 29.3 Å². The second kappa shape index (κ2) is 11.6. The van der Waals surface area contributed by atoms with E-state index in [0.717, 1.165) is 11.1 Å². The van der Waals surface area contributed by atoms with Crippen LogP contribution >= 0.6 is 0 Å². The fourth-order valence-corrected chi connectivity index (χ4v) is 4.82. The number of ether oxygens (including phenoxy) is 1. The first-order valence-corrected chi connectivity index (χ1v) is 12.9. The Morgan fingerprint density at radius 1 is 0.974 bits per heavy atom. The Kier molecular flexibility index (Phi) is 8.44. The molecule has 0 aliphatic carbocycles. The first-order valence-electron chi connectivity index (χ1n) is 12.9. The zero-order chi connectivity index (χ0) is 28.2. The van der Waals surface area contributed by atoms with E-state index >= 15 is 0 Å². The molecule has 10 heteroatoms. The quantitative estimate of drug-likeness (QED) is 0.383. The van der Waals surface area contributed by atoms with Gasteiger partial charge in [-0.05, 0) is 60.2 Å². The summed E-state index contributed by atoms with van der Waals surface area (Å²) in [5.74, 6) is 0.250. The highest BCUT2D eigenvalue weighted by Gasteiger charge is 2.44. The number of nitrogens with zero attached hydrogens (tertiary/aromatic N) is 4. The summed E-state index contributed by atoms with van der Waals surface area (Å²) in [5.41, 5.74) is 3.03. The molecule has 1 aliphatic heterocycles. The Labute approximate surface area is 227 Å². The van der Waals surface area contributed by atoms with Crippen LogP contribution in [0.25, 0.3) is 0 Å². The number of hydrogen-bond donors (Lipinski definition) is 1. The number of benzene rings is 2. The third-order valence-electron chi connectivity index (χ3n) is 6.88. The highest BCUT2D eigenvalue weighted by molar-refractivity contribution is 5.84. The molecule has 1 fully saturated rings. The van der Waals surface area contributed by atoms with Crippen molar-refractivity contribution in [3.05, 3.63) is 83.7 Å². The van der Waals surface area contributed by atoms with Crippen molar-refractivity contribution < 1.29 is 22.7 Å². The third kappa shape index (κ3) is 7.26. The smallest absolute Gasteiger partial charge is 0.406 e. The summed E-state index contributed by atoms with van der Waals surface area (Å²) in [6.45, 7) is 7.41. The van der Waals surface area contributed by atoms with Crippen molar-refractivity contribution in [1.82, 2.24) is 19.8 Å². The van der Waals surface area contributed by atoms with Crippen molar-refractivity contribution in [3.8, 4) is 5.75 Å². The van der Waals surface area contributed by atoms with Crippen molar-refractivity contribution in [1.29, 1.82) is 0 Å². The molecule has 0 radical (unpaired) electrons. The van der Waals surface area contributed by atoms with Gasteiger partial charge in [0, 0.05) is 25.5 Å². The van der Waals surface area contributed by atoms with E-state index in [1.165, 1.54) is 17.7 Å². The number of halogens is 3. The normalized spacial score (nSPS) is 18.4. The zero-order valence-corrected chi connectivity index (χ0v) is 22.6. The van der Waals surface area contributed by atoms with Gasteiger partial charge in [0.2, 0.25) is 11.9 Å². The van der Waals surface area contributed by atoms with E-state index in [9.17, 15) is 18.0 Å². The summed E-state index contributed by atoms with van der Waals surface area (Å²) < 4.78 is 41.5. The molecule has 1 aromatic heterocycles. The molecule has 2 heterocycles. The number of amides is 1. The molecule has 39 heavy (non-hydrogen) atoms. The number of nitrogens with one attached hydrogen (secondary N) is 1. The minimum absolute atomic E-state index is 0.00528. The molecular formula is C29H34F3N5O2. The second-order valence-corrected chi connectivity index (χ2v) is 10.7. The van der Waals surface area contributed by atoms with E-state index in [1.54, 1.807) is 30.6 Å². The molecule has 1 aliphatic rings. The number of aromatic nitrogens is 2. The number of anilines is 1. The van der Waals surface area contributed by atoms with E-state index in [2.05, 4.69) is 70.0 Å². The van der Waals surface area contributed by atoms with Gasteiger partial charge in [-0.25, -0.2) is 9.97 Å². The standard InChI is InChI=1S/C29H34F3N5O2/c1-28(2,3)22-10-8-21(9-11-22)25-36(4)24(14-18-35-27-33-16-5-17-34-27)26(38)37(25)19-15-20-6-12-23(13-7-20)39-29(30,31)32/h5-13,16-17,24-25H,14-15,18-19H2,1-4H3,(H,33,34,35)/t24-,25-/m1/s1. The van der Waals surface area contributed by atoms with Crippen LogP contribution < -0.4 is 10.1 Å². The van der Waals surface area contributed by atoms with E-state index in [0.29, 0.717) is 31.9 Å². The summed E-state index contributed by atoms with van der Waals surface area (Å²) in [7, 11) is 1.95. The molecule has 1 amide bonds. The Hall–Kier alpha value is -3.66. The number of hydrogen-bond acceptors (Lipinski definition) is 6. The lowest BCUT2D eigenvalue weighted by Crippen LogP contribution is -2.33. The predicted molar refractivity (Wildman–Crippen MR) is 143 cm³/mol. The van der Waals surface area contributed by atoms with Crippen LogP contribution in [-0.4, -0.2) is 58.2 Å². The summed E-state index contributed by atoms with van der Waals surface area (Å²) in [5, 5.41) is 3.17. The molecule has 0 saturated carbocycles. The van der Waals surface area contributed by atoms with Crippen molar-refractivity contribution in [2.75, 3.05) is 25.5 Å². The molecule has 0 bridgehead atoms. The first kappa shape index (κ1) is 28.4. The Bertz CT molecular complexity index is 1230. The zero-order valence-electron chi connectivity index (χ0n) is 22.6. The molecule has 1 N–H and O–H groups in total. The fraction of sp³-hybridized carbons (Fsp3) is 0.414. The number of carbonyl (C=O) groups excluding carboxylic acids is 1. The van der Waals surface area contributed by atoms with Gasteiger partial charge in [0.05, 0.1) is 6.04 Å². The van der Waals surface area contributed by atoms with Gasteiger partial charge in [0.15, 0.2) is 0 Å². The van der Waals surface area contributed by atoms with E-state index in [4.69, 9.17) is 0 Å². The Morgan fingerprint density at radius 3 is 2.21 bits per heavy atom. The minimum atomic E-state index is -4.74. The molecule has 0 spiro atoms. The molecule has 2 atom stereocenters. The topological polar surface area (TPSA) is 70.6 Å². The molecular weight excluding hydrogens is 507 g/mol. The van der Waals surface area contributed by atoms with Gasteiger partial charge in [0.25, 0.3) is 0 Å². The maximum atomic E-state index is 13.7. The fourth-order valence-electron chi connectivity index (χ4n) is 4.82. The molecule has 3 aromatic rings. The maximum Gasteiger partial charge on any atom is 0.573 e. The van der Waals surface area contributed by atoms with Crippen LogP contribution in [-0.2, 0) is 16.6 Å². The summed E-state index contributed by atoms with van der Waals surface area (Å²) >= 11 is 0. The van der Waals surface area contributed by atoms with Gasteiger partial charge in [-0.3, -0.25) is 9.69 Å². The number of carbonyl (C=O) groups is 1. The van der Waals surface area contributed by atoms with Crippen LogP contribution in [0.1, 0.15) is 50.0 Å². The second-order valence-electron chi connectivity index (χ2n) is 10.7. The molecule has 1 saturated heterocycles. The summed E-state index contributed by atoms with van der Waals surface area (Å²) in [4.78, 5) is 26.0. The van der Waals surface area contributed by atoms with Crippen molar-refractivity contribution in [3.63, 3.8) is 0 Å². The van der Waals surface area contributed by atoms with Crippen LogP contribution in [0, 0.1) is 0 Å². The number of alkyl halides is 3. The minimum Gasteiger partial charge on any atom is -0.406 e. The average Bonchev–Trinajstić information content (AvgIpc) is 3.12. The first-order chi connectivity index (χ1) is 18.4. The molecule has 7 nitrogen and oxygen atoms in total. The largest absolute Gasteiger partial charge is 0.573 e. The van der Waals surface area contributed by atoms with Crippen LogP contribution in [0.15, 0.2) is 67.0 Å². The van der Waals surface area contributed by atoms with Crippen LogP contribution in [0.4, 0.5) is 19.1 Å². The highest BCUT2D eigenvalue weighted by atomic mass is 19.4.